The molecule has 0 bridgehead atoms. The molecule has 0 atom stereocenters. The van der Waals surface area contributed by atoms with Crippen molar-refractivity contribution in [2.75, 3.05) is 33.0 Å². The molecule has 0 saturated carbocycles. The average molecular weight is 743 g/mol. The molecule has 300 valence electrons. The van der Waals surface area contributed by atoms with Gasteiger partial charge in [0.2, 0.25) is 0 Å². The highest BCUT2D eigenvalue weighted by molar-refractivity contribution is 6.26. The topological polar surface area (TPSA) is 46.2 Å². The van der Waals surface area contributed by atoms with Crippen LogP contribution in [0.2, 0.25) is 0 Å². The van der Waals surface area contributed by atoms with Crippen LogP contribution in [0, 0.1) is 0 Å². The molecule has 0 spiro atoms. The number of fused-ring (bicyclic) bond motifs is 6. The molecule has 0 aliphatic heterocycles. The minimum Gasteiger partial charge on any atom is -0.493 e. The van der Waals surface area contributed by atoms with Crippen LogP contribution in [0.1, 0.15) is 169 Å². The van der Waals surface area contributed by atoms with E-state index >= 15 is 0 Å². The molecule has 0 unspecified atom stereocenters. The molecular formula is C49H74O5. The van der Waals surface area contributed by atoms with Crippen molar-refractivity contribution < 1.29 is 23.7 Å². The molecule has 54 heavy (non-hydrogen) atoms. The second-order valence-corrected chi connectivity index (χ2v) is 15.3. The lowest BCUT2D eigenvalue weighted by atomic mass is 9.91. The molecule has 4 aromatic rings. The summed E-state index contributed by atoms with van der Waals surface area (Å²) in [6.07, 6.45) is 22.7. The maximum Gasteiger partial charge on any atom is 0.161 e. The fraction of sp³-hybridized carbons (Fsp3) is 0.633. The third kappa shape index (κ3) is 12.9. The molecule has 4 rings (SSSR count). The SMILES string of the molecule is CCCCCCc1cc2c(cc1OCCCCC)c1cc(OCCCCC)c(OCCCCC)cc1c1cc(OCCCCC)c(OCCCCC)cc21. The third-order valence-electron chi connectivity index (χ3n) is 10.6. The lowest BCUT2D eigenvalue weighted by molar-refractivity contribution is 0.260. The van der Waals surface area contributed by atoms with Crippen LogP contribution in [0.3, 0.4) is 0 Å². The monoisotopic (exact) mass is 743 g/mol. The van der Waals surface area contributed by atoms with E-state index in [1.54, 1.807) is 0 Å². The number of rotatable bonds is 30. The quantitative estimate of drug-likeness (QED) is 0.0393. The summed E-state index contributed by atoms with van der Waals surface area (Å²) in [7, 11) is 0. The van der Waals surface area contributed by atoms with Crippen LogP contribution < -0.4 is 23.7 Å². The highest BCUT2D eigenvalue weighted by atomic mass is 16.5. The van der Waals surface area contributed by atoms with Gasteiger partial charge in [0.25, 0.3) is 0 Å². The van der Waals surface area contributed by atoms with Gasteiger partial charge in [-0.25, -0.2) is 0 Å². The minimum absolute atomic E-state index is 0.675. The average Bonchev–Trinajstić information content (AvgIpc) is 3.19. The van der Waals surface area contributed by atoms with E-state index in [9.17, 15) is 0 Å². The van der Waals surface area contributed by atoms with E-state index < -0.39 is 0 Å². The van der Waals surface area contributed by atoms with Gasteiger partial charge in [0.05, 0.1) is 33.0 Å². The second kappa shape index (κ2) is 24.9. The van der Waals surface area contributed by atoms with Crippen molar-refractivity contribution >= 4 is 32.3 Å². The second-order valence-electron chi connectivity index (χ2n) is 15.3. The third-order valence-corrected chi connectivity index (χ3v) is 10.6. The first kappa shape index (κ1) is 43.4. The highest BCUT2D eigenvalue weighted by Gasteiger charge is 2.20. The first-order valence-electron chi connectivity index (χ1n) is 22.3. The van der Waals surface area contributed by atoms with Crippen LogP contribution in [0.4, 0.5) is 0 Å². The molecule has 0 amide bonds. The molecular weight excluding hydrogens is 669 g/mol. The van der Waals surface area contributed by atoms with Crippen LogP contribution in [-0.2, 0) is 6.42 Å². The van der Waals surface area contributed by atoms with Crippen LogP contribution in [0.25, 0.3) is 32.3 Å². The summed E-state index contributed by atoms with van der Waals surface area (Å²) in [6, 6.07) is 13.8. The van der Waals surface area contributed by atoms with Crippen molar-refractivity contribution in [1.82, 2.24) is 0 Å². The number of unbranched alkanes of at least 4 members (excludes halogenated alkanes) is 13. The molecule has 0 aliphatic carbocycles. The van der Waals surface area contributed by atoms with E-state index in [0.29, 0.717) is 26.4 Å². The fourth-order valence-electron chi connectivity index (χ4n) is 7.28. The van der Waals surface area contributed by atoms with Crippen molar-refractivity contribution in [3.8, 4) is 28.7 Å². The molecule has 0 saturated heterocycles. The van der Waals surface area contributed by atoms with Gasteiger partial charge in [-0.1, -0.05) is 125 Å². The zero-order valence-corrected chi connectivity index (χ0v) is 35.2. The standard InChI is InChI=1S/C49H74O5/c1-7-13-19-20-26-38-32-39-40(33-45(38)50-27-21-14-8-2)42-35-47(52-29-23-16-10-4)49(54-31-25-18-12-6)37-44(42)43-36-48(53-30-24-17-11-5)46(34-41(39)43)51-28-22-15-9-3/h32-37H,7-31H2,1-6H3. The van der Waals surface area contributed by atoms with Gasteiger partial charge in [-0.05, 0) is 119 Å². The van der Waals surface area contributed by atoms with Crippen molar-refractivity contribution in [2.24, 2.45) is 0 Å². The minimum atomic E-state index is 0.675. The Labute approximate surface area is 328 Å². The van der Waals surface area contributed by atoms with Gasteiger partial charge in [0.15, 0.2) is 23.0 Å². The number of ether oxygens (including phenoxy) is 5. The smallest absolute Gasteiger partial charge is 0.161 e. The molecule has 5 heteroatoms. The zero-order valence-electron chi connectivity index (χ0n) is 35.2. The molecule has 0 N–H and O–H groups in total. The molecule has 0 radical (unpaired) electrons. The summed E-state index contributed by atoms with van der Waals surface area (Å²) in [4.78, 5) is 0. The fourth-order valence-corrected chi connectivity index (χ4v) is 7.28. The van der Waals surface area contributed by atoms with E-state index in [1.807, 2.05) is 0 Å². The van der Waals surface area contributed by atoms with Crippen molar-refractivity contribution in [2.45, 2.75) is 170 Å². The number of hydrogen-bond acceptors (Lipinski definition) is 5. The Morgan fingerprint density at radius 1 is 0.278 bits per heavy atom. The first-order valence-corrected chi connectivity index (χ1v) is 22.3. The largest absolute Gasteiger partial charge is 0.493 e. The summed E-state index contributed by atoms with van der Waals surface area (Å²) in [5.74, 6) is 4.35. The molecule has 0 aromatic heterocycles. The first-order chi connectivity index (χ1) is 26.6. The van der Waals surface area contributed by atoms with E-state index in [0.717, 1.165) is 148 Å². The Morgan fingerprint density at radius 2 is 0.537 bits per heavy atom. The Morgan fingerprint density at radius 3 is 0.852 bits per heavy atom. The summed E-state index contributed by atoms with van der Waals surface area (Å²) < 4.78 is 32.9. The molecule has 0 aliphatic rings. The van der Waals surface area contributed by atoms with Gasteiger partial charge >= 0.3 is 0 Å². The zero-order chi connectivity index (χ0) is 38.4. The highest BCUT2D eigenvalue weighted by Crippen LogP contribution is 2.46. The molecule has 0 heterocycles. The van der Waals surface area contributed by atoms with Crippen LogP contribution in [0.5, 0.6) is 28.7 Å². The Bertz CT molecular complexity index is 1320. The van der Waals surface area contributed by atoms with Crippen LogP contribution >= 0.6 is 0 Å². The van der Waals surface area contributed by atoms with Gasteiger partial charge in [0, 0.05) is 0 Å². The van der Waals surface area contributed by atoms with E-state index in [1.165, 1.54) is 53.8 Å². The van der Waals surface area contributed by atoms with Crippen LogP contribution in [0.15, 0.2) is 36.4 Å². The number of benzene rings is 4. The van der Waals surface area contributed by atoms with Crippen LogP contribution in [-0.4, -0.2) is 33.0 Å². The van der Waals surface area contributed by atoms with Gasteiger partial charge in [-0.3, -0.25) is 0 Å². The molecule has 0 fully saturated rings. The van der Waals surface area contributed by atoms with Gasteiger partial charge in [0.1, 0.15) is 5.75 Å². The summed E-state index contributed by atoms with van der Waals surface area (Å²) in [5, 5.41) is 7.07. The molecule has 4 aromatic carbocycles. The Hall–Kier alpha value is -3.34. The van der Waals surface area contributed by atoms with E-state index in [4.69, 9.17) is 23.7 Å². The molecule has 5 nitrogen and oxygen atoms in total. The van der Waals surface area contributed by atoms with Crippen molar-refractivity contribution in [3.63, 3.8) is 0 Å². The lowest BCUT2D eigenvalue weighted by Crippen LogP contribution is -2.04. The van der Waals surface area contributed by atoms with Crippen molar-refractivity contribution in [1.29, 1.82) is 0 Å². The lowest BCUT2D eigenvalue weighted by Gasteiger charge is -2.21. The predicted molar refractivity (Wildman–Crippen MR) is 232 cm³/mol. The normalized spacial score (nSPS) is 11.5. The van der Waals surface area contributed by atoms with Gasteiger partial charge in [-0.15, -0.1) is 0 Å². The Kier molecular flexibility index (Phi) is 20.0. The summed E-state index contributed by atoms with van der Waals surface area (Å²) >= 11 is 0. The number of hydrogen-bond donors (Lipinski definition) is 0. The van der Waals surface area contributed by atoms with Crippen molar-refractivity contribution in [3.05, 3.63) is 42.0 Å². The summed E-state index contributed by atoms with van der Waals surface area (Å²) in [6.45, 7) is 16.9. The van der Waals surface area contributed by atoms with Gasteiger partial charge in [-0.2, -0.15) is 0 Å². The van der Waals surface area contributed by atoms with E-state index in [2.05, 4.69) is 77.9 Å². The Balaban J connectivity index is 2.00. The van der Waals surface area contributed by atoms with E-state index in [-0.39, 0.29) is 0 Å². The maximum atomic E-state index is 6.67. The maximum absolute atomic E-state index is 6.67. The number of aryl methyl sites for hydroxylation is 1. The summed E-state index contributed by atoms with van der Waals surface area (Å²) in [5.41, 5.74) is 1.30. The van der Waals surface area contributed by atoms with Gasteiger partial charge < -0.3 is 23.7 Å². The predicted octanol–water partition coefficient (Wildman–Crippen LogP) is 15.1.